The van der Waals surface area contributed by atoms with Crippen molar-refractivity contribution < 1.29 is 28.2 Å². The number of rotatable bonds is 7. The van der Waals surface area contributed by atoms with E-state index in [0.717, 1.165) is 60.2 Å². The number of hydrogen-bond donors (Lipinski definition) is 0. The Kier molecular flexibility index (Phi) is 8.98. The van der Waals surface area contributed by atoms with E-state index >= 15 is 0 Å². The molecule has 2 aliphatic rings. The van der Waals surface area contributed by atoms with Gasteiger partial charge in [0.25, 0.3) is 5.91 Å². The van der Waals surface area contributed by atoms with E-state index in [1.54, 1.807) is 17.9 Å². The van der Waals surface area contributed by atoms with Crippen LogP contribution in [0.15, 0.2) is 24.3 Å². The van der Waals surface area contributed by atoms with Gasteiger partial charge in [0.05, 0.1) is 18.6 Å². The second kappa shape index (κ2) is 12.1. The predicted molar refractivity (Wildman–Crippen MR) is 150 cm³/mol. The van der Waals surface area contributed by atoms with Crippen LogP contribution in [0.1, 0.15) is 96.8 Å². The number of esters is 1. The third-order valence-electron chi connectivity index (χ3n) is 7.78. The Morgan fingerprint density at radius 2 is 1.62 bits per heavy atom. The first-order valence-corrected chi connectivity index (χ1v) is 14.2. The number of hydrogen-bond acceptors (Lipinski definition) is 5. The van der Waals surface area contributed by atoms with Gasteiger partial charge in [-0.2, -0.15) is 0 Å². The van der Waals surface area contributed by atoms with Crippen LogP contribution in [0, 0.1) is 19.7 Å². The molecule has 2 amide bonds. The summed E-state index contributed by atoms with van der Waals surface area (Å²) in [5.41, 5.74) is 4.61. The monoisotopic (exact) mass is 552 g/mol. The molecule has 4 rings (SSSR count). The summed E-state index contributed by atoms with van der Waals surface area (Å²) >= 11 is 0. The fourth-order valence-electron chi connectivity index (χ4n) is 5.82. The predicted octanol–water partition coefficient (Wildman–Crippen LogP) is 5.57. The van der Waals surface area contributed by atoms with Crippen LogP contribution in [0.3, 0.4) is 0 Å². The minimum absolute atomic E-state index is 0.0208. The van der Waals surface area contributed by atoms with E-state index in [-0.39, 0.29) is 30.4 Å². The number of nitrogens with zero attached hydrogens (tertiary/aromatic N) is 2. The first-order chi connectivity index (χ1) is 18.9. The van der Waals surface area contributed by atoms with Crippen LogP contribution < -0.4 is 0 Å². The maximum absolute atomic E-state index is 13.9. The van der Waals surface area contributed by atoms with E-state index in [1.165, 1.54) is 18.2 Å². The molecule has 0 spiro atoms. The van der Waals surface area contributed by atoms with Crippen LogP contribution in [0.25, 0.3) is 0 Å². The van der Waals surface area contributed by atoms with E-state index in [1.807, 2.05) is 39.5 Å². The van der Waals surface area contributed by atoms with Crippen LogP contribution in [0.5, 0.6) is 0 Å². The van der Waals surface area contributed by atoms with Crippen molar-refractivity contribution >= 4 is 17.8 Å². The first kappa shape index (κ1) is 29.7. The normalized spacial score (nSPS) is 16.1. The maximum atomic E-state index is 13.9. The number of halogens is 1. The van der Waals surface area contributed by atoms with E-state index in [9.17, 15) is 18.8 Å². The standard InChI is InChI=1S/C32H41FN2O5/c1-7-39-31(38)29(40-32(4,5)6)28-21(3)26-19-35(30(37)22-12-11-13-23(33)16-22)18-25(26)20(2)24(28)17-27(36)34-14-9-8-10-15-34/h11-13,16,29H,7-10,14-15,17-19H2,1-6H3/t29-/m0/s1. The molecule has 216 valence electrons. The van der Waals surface area contributed by atoms with Gasteiger partial charge in [-0.1, -0.05) is 6.07 Å². The zero-order valence-electron chi connectivity index (χ0n) is 24.6. The van der Waals surface area contributed by atoms with Crippen LogP contribution >= 0.6 is 0 Å². The van der Waals surface area contributed by atoms with Crippen molar-refractivity contribution in [1.82, 2.24) is 9.80 Å². The Morgan fingerprint density at radius 3 is 2.23 bits per heavy atom. The summed E-state index contributed by atoms with van der Waals surface area (Å²) in [6.45, 7) is 13.6. The molecule has 1 atom stereocenters. The summed E-state index contributed by atoms with van der Waals surface area (Å²) < 4.78 is 25.7. The van der Waals surface area contributed by atoms with Gasteiger partial charge in [-0.25, -0.2) is 9.18 Å². The lowest BCUT2D eigenvalue weighted by Crippen LogP contribution is -2.37. The molecule has 1 fully saturated rings. The fraction of sp³-hybridized carbons (Fsp3) is 0.531. The quantitative estimate of drug-likeness (QED) is 0.420. The minimum atomic E-state index is -1.03. The molecule has 0 bridgehead atoms. The lowest BCUT2D eigenvalue weighted by atomic mass is 9.84. The van der Waals surface area contributed by atoms with Gasteiger partial charge in [0.15, 0.2) is 6.10 Å². The molecule has 0 saturated carbocycles. The fourth-order valence-corrected chi connectivity index (χ4v) is 5.82. The van der Waals surface area contributed by atoms with Crippen molar-refractivity contribution in [2.75, 3.05) is 19.7 Å². The molecular weight excluding hydrogens is 511 g/mol. The van der Waals surface area contributed by atoms with E-state index < -0.39 is 23.5 Å². The smallest absolute Gasteiger partial charge is 0.339 e. The van der Waals surface area contributed by atoms with Gasteiger partial charge in [0, 0.05) is 31.7 Å². The minimum Gasteiger partial charge on any atom is -0.464 e. The first-order valence-electron chi connectivity index (χ1n) is 14.2. The van der Waals surface area contributed by atoms with Crippen LogP contribution in [-0.2, 0) is 38.6 Å². The molecule has 8 heteroatoms. The number of carbonyl (C=O) groups is 3. The topological polar surface area (TPSA) is 76.2 Å². The number of fused-ring (bicyclic) bond motifs is 1. The number of likely N-dealkylation sites (tertiary alicyclic amines) is 1. The van der Waals surface area contributed by atoms with Crippen LogP contribution in [-0.4, -0.2) is 52.9 Å². The number of carbonyl (C=O) groups excluding carboxylic acids is 3. The van der Waals surface area contributed by atoms with Gasteiger partial charge in [-0.15, -0.1) is 0 Å². The third-order valence-corrected chi connectivity index (χ3v) is 7.78. The average Bonchev–Trinajstić information content (AvgIpc) is 3.36. The highest BCUT2D eigenvalue weighted by atomic mass is 19.1. The molecule has 0 aliphatic carbocycles. The van der Waals surface area contributed by atoms with E-state index in [4.69, 9.17) is 9.47 Å². The number of piperidine rings is 1. The molecule has 2 aromatic carbocycles. The summed E-state index contributed by atoms with van der Waals surface area (Å²) in [6, 6.07) is 5.69. The SMILES string of the molecule is CCOC(=O)[C@@H](OC(C)(C)C)c1c(C)c2c(c(C)c1CC(=O)N1CCCCC1)CN(C(=O)c1cccc(F)c1)C2. The Labute approximate surface area is 236 Å². The molecule has 0 N–H and O–H groups in total. The molecule has 40 heavy (non-hydrogen) atoms. The molecule has 0 aromatic heterocycles. The van der Waals surface area contributed by atoms with Gasteiger partial charge in [-0.3, -0.25) is 9.59 Å². The van der Waals surface area contributed by atoms with Gasteiger partial charge >= 0.3 is 5.97 Å². The Morgan fingerprint density at radius 1 is 0.975 bits per heavy atom. The zero-order chi connectivity index (χ0) is 29.2. The molecule has 1 saturated heterocycles. The number of ether oxygens (including phenoxy) is 2. The highest BCUT2D eigenvalue weighted by Crippen LogP contribution is 2.40. The van der Waals surface area contributed by atoms with Crippen molar-refractivity contribution in [2.24, 2.45) is 0 Å². The molecule has 7 nitrogen and oxygen atoms in total. The van der Waals surface area contributed by atoms with Crippen molar-refractivity contribution in [3.8, 4) is 0 Å². The maximum Gasteiger partial charge on any atom is 0.339 e. The molecule has 2 heterocycles. The van der Waals surface area contributed by atoms with Crippen molar-refractivity contribution in [2.45, 2.75) is 92.0 Å². The van der Waals surface area contributed by atoms with Gasteiger partial charge in [0.2, 0.25) is 5.91 Å². The summed E-state index contributed by atoms with van der Waals surface area (Å²) in [7, 11) is 0. The van der Waals surface area contributed by atoms with Crippen molar-refractivity contribution in [3.63, 3.8) is 0 Å². The third kappa shape index (κ3) is 6.38. The van der Waals surface area contributed by atoms with Gasteiger partial charge in [0.1, 0.15) is 5.82 Å². The Hall–Kier alpha value is -3.26. The largest absolute Gasteiger partial charge is 0.464 e. The molecule has 0 unspecified atom stereocenters. The summed E-state index contributed by atoms with van der Waals surface area (Å²) in [5.74, 6) is -1.22. The second-order valence-corrected chi connectivity index (χ2v) is 11.8. The average molecular weight is 553 g/mol. The van der Waals surface area contributed by atoms with Gasteiger partial charge in [-0.05, 0) is 112 Å². The Bertz CT molecular complexity index is 1290. The van der Waals surface area contributed by atoms with Crippen LogP contribution in [0.4, 0.5) is 4.39 Å². The summed E-state index contributed by atoms with van der Waals surface area (Å²) in [4.78, 5) is 43.9. The molecular formula is C32H41FN2O5. The van der Waals surface area contributed by atoms with Gasteiger partial charge < -0.3 is 19.3 Å². The highest BCUT2D eigenvalue weighted by molar-refractivity contribution is 5.94. The lowest BCUT2D eigenvalue weighted by Gasteiger charge is -2.32. The second-order valence-electron chi connectivity index (χ2n) is 11.8. The number of amides is 2. The van der Waals surface area contributed by atoms with Crippen molar-refractivity contribution in [3.05, 3.63) is 69.0 Å². The molecule has 0 radical (unpaired) electrons. The van der Waals surface area contributed by atoms with Crippen LogP contribution in [0.2, 0.25) is 0 Å². The summed E-state index contributed by atoms with van der Waals surface area (Å²) in [5, 5.41) is 0. The lowest BCUT2D eigenvalue weighted by molar-refractivity contribution is -0.167. The zero-order valence-corrected chi connectivity index (χ0v) is 24.6. The highest BCUT2D eigenvalue weighted by Gasteiger charge is 2.37. The van der Waals surface area contributed by atoms with E-state index in [0.29, 0.717) is 18.7 Å². The molecule has 2 aromatic rings. The summed E-state index contributed by atoms with van der Waals surface area (Å²) in [6.07, 6.45) is 2.19. The van der Waals surface area contributed by atoms with Crippen molar-refractivity contribution in [1.29, 1.82) is 0 Å². The molecule has 2 aliphatic heterocycles. The number of benzene rings is 2. The Balaban J connectivity index is 1.81. The van der Waals surface area contributed by atoms with E-state index in [2.05, 4.69) is 0 Å².